The van der Waals surface area contributed by atoms with E-state index in [9.17, 15) is 4.79 Å². The highest BCUT2D eigenvalue weighted by Crippen LogP contribution is 2.32. The zero-order valence-electron chi connectivity index (χ0n) is 9.80. The first-order valence-corrected chi connectivity index (χ1v) is 6.45. The zero-order valence-corrected chi connectivity index (χ0v) is 10.6. The van der Waals surface area contributed by atoms with Crippen LogP contribution in [0.15, 0.2) is 18.3 Å². The number of alkyl halides is 1. The summed E-state index contributed by atoms with van der Waals surface area (Å²) in [6.45, 7) is 1.15. The van der Waals surface area contributed by atoms with Crippen molar-refractivity contribution in [3.8, 4) is 0 Å². The zero-order chi connectivity index (χ0) is 12.5. The summed E-state index contributed by atoms with van der Waals surface area (Å²) < 4.78 is 5.46. The summed E-state index contributed by atoms with van der Waals surface area (Å²) in [5.41, 5.74) is 0.570. The molecule has 1 aromatic rings. The lowest BCUT2D eigenvalue weighted by Gasteiger charge is -2.29. The number of anilines is 2. The van der Waals surface area contributed by atoms with Crippen molar-refractivity contribution >= 4 is 29.0 Å². The summed E-state index contributed by atoms with van der Waals surface area (Å²) in [6.07, 6.45) is 2.92. The molecule has 2 aliphatic heterocycles. The summed E-state index contributed by atoms with van der Waals surface area (Å²) in [6, 6.07) is 3.94. The van der Waals surface area contributed by atoms with Gasteiger partial charge in [-0.2, -0.15) is 0 Å². The van der Waals surface area contributed by atoms with Gasteiger partial charge < -0.3 is 15.0 Å². The molecule has 0 aromatic carbocycles. The van der Waals surface area contributed by atoms with E-state index in [-0.39, 0.29) is 17.5 Å². The van der Waals surface area contributed by atoms with Gasteiger partial charge in [-0.15, -0.1) is 0 Å². The Morgan fingerprint density at radius 2 is 2.44 bits per heavy atom. The Morgan fingerprint density at radius 3 is 3.33 bits per heavy atom. The van der Waals surface area contributed by atoms with Crippen LogP contribution in [0, 0.1) is 0 Å². The average Bonchev–Trinajstić information content (AvgIpc) is 2.58. The number of carbonyl (C=O) groups excluding carboxylic acids is 1. The van der Waals surface area contributed by atoms with Gasteiger partial charge in [0.25, 0.3) is 0 Å². The number of rotatable bonds is 0. The first-order chi connectivity index (χ1) is 8.74. The van der Waals surface area contributed by atoms with Crippen LogP contribution in [-0.2, 0) is 9.53 Å². The molecule has 0 spiro atoms. The summed E-state index contributed by atoms with van der Waals surface area (Å²) in [7, 11) is 0. The van der Waals surface area contributed by atoms with Crippen LogP contribution in [0.25, 0.3) is 0 Å². The third-order valence-electron chi connectivity index (χ3n) is 3.31. The monoisotopic (exact) mass is 267 g/mol. The number of fused-ring (bicyclic) bond motifs is 3. The molecule has 1 N–H and O–H groups in total. The van der Waals surface area contributed by atoms with E-state index in [2.05, 4.69) is 15.2 Å². The molecule has 3 heterocycles. The van der Waals surface area contributed by atoms with E-state index >= 15 is 0 Å². The van der Waals surface area contributed by atoms with Crippen molar-refractivity contribution in [3.63, 3.8) is 0 Å². The minimum atomic E-state index is -0.351. The Bertz CT molecular complexity index is 468. The standard InChI is InChI=1S/C12H14ClN3O2/c13-10-7-16-8(3-5-18-10)6-11(17)15-12-9(16)2-1-4-14-12/h1-2,4,8,10H,3,5-7H2,(H,14,15,17). The van der Waals surface area contributed by atoms with Crippen LogP contribution in [0.5, 0.6) is 0 Å². The van der Waals surface area contributed by atoms with Crippen LogP contribution in [0.4, 0.5) is 11.5 Å². The number of amides is 1. The van der Waals surface area contributed by atoms with Crippen molar-refractivity contribution in [2.45, 2.75) is 24.4 Å². The van der Waals surface area contributed by atoms with Gasteiger partial charge in [0, 0.05) is 18.7 Å². The molecule has 1 aromatic heterocycles. The second-order valence-corrected chi connectivity index (χ2v) is 4.99. The lowest BCUT2D eigenvalue weighted by molar-refractivity contribution is -0.116. The van der Waals surface area contributed by atoms with Crippen LogP contribution in [0.3, 0.4) is 0 Å². The maximum Gasteiger partial charge on any atom is 0.227 e. The lowest BCUT2D eigenvalue weighted by atomic mass is 10.1. The van der Waals surface area contributed by atoms with Crippen molar-refractivity contribution in [3.05, 3.63) is 18.3 Å². The lowest BCUT2D eigenvalue weighted by Crippen LogP contribution is -2.37. The highest BCUT2D eigenvalue weighted by atomic mass is 35.5. The molecule has 0 radical (unpaired) electrons. The van der Waals surface area contributed by atoms with Crippen molar-refractivity contribution < 1.29 is 9.53 Å². The Kier molecular flexibility index (Phi) is 3.09. The number of aromatic nitrogens is 1. The predicted octanol–water partition coefficient (Wildman–Crippen LogP) is 1.58. The first-order valence-electron chi connectivity index (χ1n) is 6.01. The highest BCUT2D eigenvalue weighted by molar-refractivity contribution is 6.20. The van der Waals surface area contributed by atoms with E-state index in [1.807, 2.05) is 12.1 Å². The van der Waals surface area contributed by atoms with Crippen LogP contribution < -0.4 is 10.2 Å². The van der Waals surface area contributed by atoms with Crippen molar-refractivity contribution in [2.75, 3.05) is 23.4 Å². The van der Waals surface area contributed by atoms with Gasteiger partial charge in [-0.3, -0.25) is 4.79 Å². The van der Waals surface area contributed by atoms with Gasteiger partial charge in [-0.1, -0.05) is 11.6 Å². The highest BCUT2D eigenvalue weighted by Gasteiger charge is 2.32. The molecule has 0 aliphatic carbocycles. The summed E-state index contributed by atoms with van der Waals surface area (Å²) >= 11 is 6.11. The van der Waals surface area contributed by atoms with Crippen molar-refractivity contribution in [2.24, 2.45) is 0 Å². The summed E-state index contributed by atoms with van der Waals surface area (Å²) in [4.78, 5) is 18.2. The molecule has 6 heteroatoms. The fraction of sp³-hybridized carbons (Fsp3) is 0.500. The van der Waals surface area contributed by atoms with Gasteiger partial charge in [0.05, 0.1) is 18.8 Å². The number of halogens is 1. The first kappa shape index (κ1) is 11.7. The molecule has 1 saturated heterocycles. The maximum atomic E-state index is 11.8. The van der Waals surface area contributed by atoms with Crippen LogP contribution in [0.2, 0.25) is 0 Å². The van der Waals surface area contributed by atoms with E-state index in [0.29, 0.717) is 25.4 Å². The largest absolute Gasteiger partial charge is 0.361 e. The topological polar surface area (TPSA) is 54.5 Å². The van der Waals surface area contributed by atoms with Gasteiger partial charge >= 0.3 is 0 Å². The Labute approximate surface area is 110 Å². The smallest absolute Gasteiger partial charge is 0.227 e. The molecule has 3 rings (SSSR count). The SMILES string of the molecule is O=C1CC2CCOC(Cl)CN2c2cccnc2N1. The molecular weight excluding hydrogens is 254 g/mol. The van der Waals surface area contributed by atoms with Crippen LogP contribution >= 0.6 is 11.6 Å². The number of carbonyl (C=O) groups is 1. The van der Waals surface area contributed by atoms with E-state index < -0.39 is 0 Å². The van der Waals surface area contributed by atoms with E-state index in [0.717, 1.165) is 12.1 Å². The van der Waals surface area contributed by atoms with Gasteiger partial charge in [0.15, 0.2) is 5.82 Å². The van der Waals surface area contributed by atoms with Gasteiger partial charge in [0.2, 0.25) is 5.91 Å². The minimum Gasteiger partial charge on any atom is -0.361 e. The second-order valence-electron chi connectivity index (χ2n) is 4.50. The fourth-order valence-electron chi connectivity index (χ4n) is 2.47. The molecule has 2 unspecified atom stereocenters. The third kappa shape index (κ3) is 2.15. The molecule has 0 bridgehead atoms. The molecular formula is C12H14ClN3O2. The normalized spacial score (nSPS) is 27.6. The Balaban J connectivity index is 2.02. The number of hydrogen-bond acceptors (Lipinski definition) is 4. The summed E-state index contributed by atoms with van der Waals surface area (Å²) in [5.74, 6) is 0.603. The van der Waals surface area contributed by atoms with E-state index in [1.165, 1.54) is 0 Å². The minimum absolute atomic E-state index is 0.00419. The second kappa shape index (κ2) is 4.74. The predicted molar refractivity (Wildman–Crippen MR) is 68.8 cm³/mol. The van der Waals surface area contributed by atoms with E-state index in [4.69, 9.17) is 16.3 Å². The quantitative estimate of drug-likeness (QED) is 0.725. The van der Waals surface area contributed by atoms with Gasteiger partial charge in [0.1, 0.15) is 5.56 Å². The summed E-state index contributed by atoms with van der Waals surface area (Å²) in [5, 5.41) is 2.84. The molecule has 2 atom stereocenters. The average molecular weight is 268 g/mol. The molecule has 96 valence electrons. The fourth-order valence-corrected chi connectivity index (χ4v) is 2.71. The van der Waals surface area contributed by atoms with Gasteiger partial charge in [-0.25, -0.2) is 4.98 Å². The number of nitrogens with one attached hydrogen (secondary N) is 1. The van der Waals surface area contributed by atoms with Gasteiger partial charge in [-0.05, 0) is 18.6 Å². The number of nitrogens with zero attached hydrogens (tertiary/aromatic N) is 2. The number of pyridine rings is 1. The molecule has 2 aliphatic rings. The molecule has 5 nitrogen and oxygen atoms in total. The third-order valence-corrected chi connectivity index (χ3v) is 3.57. The van der Waals surface area contributed by atoms with Crippen molar-refractivity contribution in [1.29, 1.82) is 0 Å². The number of hydrogen-bond donors (Lipinski definition) is 1. The molecule has 18 heavy (non-hydrogen) atoms. The van der Waals surface area contributed by atoms with Crippen LogP contribution in [-0.4, -0.2) is 35.6 Å². The van der Waals surface area contributed by atoms with Crippen LogP contribution in [0.1, 0.15) is 12.8 Å². The maximum absolute atomic E-state index is 11.8. The Morgan fingerprint density at radius 1 is 1.56 bits per heavy atom. The van der Waals surface area contributed by atoms with Crippen molar-refractivity contribution in [1.82, 2.24) is 4.98 Å². The number of ether oxygens (including phenoxy) is 1. The molecule has 1 fully saturated rings. The molecule has 0 saturated carbocycles. The molecule has 1 amide bonds. The van der Waals surface area contributed by atoms with E-state index in [1.54, 1.807) is 6.20 Å². The Hall–Kier alpha value is -1.33.